The van der Waals surface area contributed by atoms with Crippen molar-refractivity contribution in [3.63, 3.8) is 0 Å². The van der Waals surface area contributed by atoms with Crippen LogP contribution in [-0.2, 0) is 4.74 Å². The monoisotopic (exact) mass is 496 g/mol. The van der Waals surface area contributed by atoms with Crippen LogP contribution in [0, 0.1) is 0 Å². The number of ether oxygens (including phenoxy) is 2. The molecule has 36 heavy (non-hydrogen) atoms. The van der Waals surface area contributed by atoms with Gasteiger partial charge in [0.1, 0.15) is 12.4 Å². The Balaban J connectivity index is 0.00000176. The van der Waals surface area contributed by atoms with Gasteiger partial charge in [-0.2, -0.15) is 15.1 Å². The third-order valence-electron chi connectivity index (χ3n) is 6.35. The molecule has 0 saturated carbocycles. The van der Waals surface area contributed by atoms with Crippen molar-refractivity contribution >= 4 is 17.3 Å². The van der Waals surface area contributed by atoms with Gasteiger partial charge in [0.25, 0.3) is 0 Å². The minimum atomic E-state index is 0.394. The van der Waals surface area contributed by atoms with Gasteiger partial charge in [-0.25, -0.2) is 0 Å². The van der Waals surface area contributed by atoms with Crippen LogP contribution in [0.4, 0.5) is 11.6 Å². The molecule has 8 heteroatoms. The molecule has 2 heterocycles. The van der Waals surface area contributed by atoms with E-state index in [2.05, 4.69) is 65.2 Å². The molecule has 1 aromatic heterocycles. The fourth-order valence-electron chi connectivity index (χ4n) is 4.60. The SMILES string of the molecule is CC.CCCN(CCC)c1cc(N/N=C2/CC(C)c3ccccc32)nc(OCCN2CCOCC2)n1. The van der Waals surface area contributed by atoms with Crippen LogP contribution in [-0.4, -0.2) is 73.1 Å². The lowest BCUT2D eigenvalue weighted by atomic mass is 10.0. The molecule has 0 spiro atoms. The molecule has 1 aliphatic carbocycles. The van der Waals surface area contributed by atoms with Crippen LogP contribution in [0.3, 0.4) is 0 Å². The van der Waals surface area contributed by atoms with Crippen molar-refractivity contribution in [3.8, 4) is 6.01 Å². The number of anilines is 2. The highest BCUT2D eigenvalue weighted by atomic mass is 16.5. The summed E-state index contributed by atoms with van der Waals surface area (Å²) in [6, 6.07) is 10.9. The van der Waals surface area contributed by atoms with Crippen LogP contribution in [0.25, 0.3) is 0 Å². The Hall–Kier alpha value is -2.71. The van der Waals surface area contributed by atoms with Crippen molar-refractivity contribution in [2.75, 3.05) is 62.9 Å². The number of hydrogen-bond donors (Lipinski definition) is 1. The first kappa shape index (κ1) is 27.9. The van der Waals surface area contributed by atoms with E-state index in [0.717, 1.165) is 76.7 Å². The number of hydrazone groups is 1. The lowest BCUT2D eigenvalue weighted by Gasteiger charge is -2.26. The standard InChI is InChI=1S/C26H38N6O2.C2H6/c1-4-10-32(11-5-2)25-19-24(27-26(28-25)34-17-14-31-12-15-33-16-13-31)30-29-23-18-20(3)21-8-6-7-9-22(21)23;1-2/h6-9,19-20H,4-5,10-18H2,1-3H3,(H,27,28,30);1-2H3/b29-23-;. The van der Waals surface area contributed by atoms with Gasteiger partial charge < -0.3 is 14.4 Å². The first-order valence-electron chi connectivity index (χ1n) is 13.7. The number of aromatic nitrogens is 2. The summed E-state index contributed by atoms with van der Waals surface area (Å²) in [5, 5.41) is 4.75. The Kier molecular flexibility index (Phi) is 11.4. The molecule has 4 rings (SSSR count). The van der Waals surface area contributed by atoms with Gasteiger partial charge in [-0.15, -0.1) is 0 Å². The third kappa shape index (κ3) is 7.64. The van der Waals surface area contributed by atoms with Gasteiger partial charge in [0.2, 0.25) is 0 Å². The third-order valence-corrected chi connectivity index (χ3v) is 6.35. The molecule has 1 fully saturated rings. The van der Waals surface area contributed by atoms with Crippen molar-refractivity contribution in [1.82, 2.24) is 14.9 Å². The molecule has 1 aliphatic heterocycles. The van der Waals surface area contributed by atoms with Crippen LogP contribution < -0.4 is 15.1 Å². The van der Waals surface area contributed by atoms with Crippen molar-refractivity contribution in [2.24, 2.45) is 5.10 Å². The van der Waals surface area contributed by atoms with Gasteiger partial charge in [0, 0.05) is 44.4 Å². The van der Waals surface area contributed by atoms with Crippen LogP contribution in [0.1, 0.15) is 70.9 Å². The summed E-state index contributed by atoms with van der Waals surface area (Å²) in [6.07, 6.45) is 3.03. The largest absolute Gasteiger partial charge is 0.462 e. The molecule has 1 aromatic carbocycles. The summed E-state index contributed by atoms with van der Waals surface area (Å²) >= 11 is 0. The highest BCUT2D eigenvalue weighted by molar-refractivity contribution is 6.05. The first-order chi connectivity index (χ1) is 17.7. The summed E-state index contributed by atoms with van der Waals surface area (Å²) in [7, 11) is 0. The van der Waals surface area contributed by atoms with E-state index in [1.807, 2.05) is 19.9 Å². The van der Waals surface area contributed by atoms with Crippen LogP contribution in [0.5, 0.6) is 6.01 Å². The fraction of sp³-hybridized carbons (Fsp3) is 0.607. The second kappa shape index (κ2) is 14.8. The molecule has 0 amide bonds. The quantitative estimate of drug-likeness (QED) is 0.431. The Bertz CT molecular complexity index is 955. The molecule has 1 N–H and O–H groups in total. The Morgan fingerprint density at radius 3 is 2.56 bits per heavy atom. The van der Waals surface area contributed by atoms with Crippen LogP contribution in [0.2, 0.25) is 0 Å². The van der Waals surface area contributed by atoms with E-state index in [1.165, 1.54) is 11.1 Å². The molecule has 198 valence electrons. The summed E-state index contributed by atoms with van der Waals surface area (Å²) in [5.41, 5.74) is 6.85. The molecule has 8 nitrogen and oxygen atoms in total. The lowest BCUT2D eigenvalue weighted by Crippen LogP contribution is -2.38. The predicted octanol–water partition coefficient (Wildman–Crippen LogP) is 5.16. The summed E-state index contributed by atoms with van der Waals surface area (Å²) in [5.74, 6) is 2.01. The highest BCUT2D eigenvalue weighted by Crippen LogP contribution is 2.33. The van der Waals surface area contributed by atoms with Gasteiger partial charge in [0.15, 0.2) is 5.82 Å². The second-order valence-electron chi connectivity index (χ2n) is 9.05. The predicted molar refractivity (Wildman–Crippen MR) is 149 cm³/mol. The summed E-state index contributed by atoms with van der Waals surface area (Å²) in [4.78, 5) is 14.0. The Morgan fingerprint density at radius 1 is 1.11 bits per heavy atom. The number of nitrogens with one attached hydrogen (secondary N) is 1. The molecule has 2 aromatic rings. The smallest absolute Gasteiger partial charge is 0.320 e. The molecule has 0 bridgehead atoms. The minimum absolute atomic E-state index is 0.394. The van der Waals surface area contributed by atoms with E-state index in [4.69, 9.17) is 19.6 Å². The first-order valence-corrected chi connectivity index (χ1v) is 13.7. The average molecular weight is 497 g/mol. The highest BCUT2D eigenvalue weighted by Gasteiger charge is 2.24. The number of nitrogens with zero attached hydrogens (tertiary/aromatic N) is 5. The zero-order chi connectivity index (χ0) is 25.8. The number of benzene rings is 1. The van der Waals surface area contributed by atoms with Crippen molar-refractivity contribution < 1.29 is 9.47 Å². The van der Waals surface area contributed by atoms with Crippen LogP contribution in [0.15, 0.2) is 35.4 Å². The fourth-order valence-corrected chi connectivity index (χ4v) is 4.60. The van der Waals surface area contributed by atoms with Gasteiger partial charge in [-0.05, 0) is 30.7 Å². The molecule has 0 radical (unpaired) electrons. The molecular formula is C28H44N6O2. The number of morpholine rings is 1. The second-order valence-corrected chi connectivity index (χ2v) is 9.05. The van der Waals surface area contributed by atoms with E-state index in [9.17, 15) is 0 Å². The van der Waals surface area contributed by atoms with E-state index >= 15 is 0 Å². The Morgan fingerprint density at radius 2 is 1.83 bits per heavy atom. The molecule has 1 atom stereocenters. The molecular weight excluding hydrogens is 452 g/mol. The van der Waals surface area contributed by atoms with E-state index < -0.39 is 0 Å². The Labute approximate surface area is 217 Å². The van der Waals surface area contributed by atoms with Gasteiger partial charge in [-0.3, -0.25) is 10.3 Å². The number of hydrogen-bond acceptors (Lipinski definition) is 8. The minimum Gasteiger partial charge on any atom is -0.462 e. The lowest BCUT2D eigenvalue weighted by molar-refractivity contribution is 0.0317. The van der Waals surface area contributed by atoms with E-state index in [0.29, 0.717) is 24.4 Å². The number of fused-ring (bicyclic) bond motifs is 1. The maximum absolute atomic E-state index is 6.02. The van der Waals surface area contributed by atoms with Crippen molar-refractivity contribution in [3.05, 3.63) is 41.5 Å². The molecule has 1 saturated heterocycles. The summed E-state index contributed by atoms with van der Waals surface area (Å²) in [6.45, 7) is 17.3. The van der Waals surface area contributed by atoms with Crippen molar-refractivity contribution in [2.45, 2.75) is 59.8 Å². The molecule has 2 aliphatic rings. The van der Waals surface area contributed by atoms with Gasteiger partial charge in [0.05, 0.1) is 18.9 Å². The maximum atomic E-state index is 6.02. The topological polar surface area (TPSA) is 75.1 Å². The van der Waals surface area contributed by atoms with Gasteiger partial charge >= 0.3 is 6.01 Å². The maximum Gasteiger partial charge on any atom is 0.320 e. The zero-order valence-corrected chi connectivity index (χ0v) is 22.8. The van der Waals surface area contributed by atoms with Crippen molar-refractivity contribution in [1.29, 1.82) is 0 Å². The zero-order valence-electron chi connectivity index (χ0n) is 22.8. The average Bonchev–Trinajstić information content (AvgIpc) is 3.24. The van der Waals surface area contributed by atoms with Crippen LogP contribution >= 0.6 is 0 Å². The number of rotatable bonds is 11. The van der Waals surface area contributed by atoms with E-state index in [1.54, 1.807) is 0 Å². The molecule has 1 unspecified atom stereocenters. The summed E-state index contributed by atoms with van der Waals surface area (Å²) < 4.78 is 11.5. The van der Waals surface area contributed by atoms with E-state index in [-0.39, 0.29) is 0 Å². The normalized spacial score (nSPS) is 18.4. The van der Waals surface area contributed by atoms with Gasteiger partial charge in [-0.1, -0.05) is 58.9 Å².